The first-order valence-corrected chi connectivity index (χ1v) is 11.7. The normalized spacial score (nSPS) is 14.3. The van der Waals surface area contributed by atoms with Crippen LogP contribution in [0.4, 0.5) is 11.8 Å². The Balaban J connectivity index is 1.40. The quantitative estimate of drug-likeness (QED) is 0.432. The zero-order chi connectivity index (χ0) is 24.4. The van der Waals surface area contributed by atoms with Gasteiger partial charge in [0.1, 0.15) is 0 Å². The fourth-order valence-electron chi connectivity index (χ4n) is 4.23. The molecule has 9 nitrogen and oxygen atoms in total. The molecule has 2 aromatic carbocycles. The lowest BCUT2D eigenvalue weighted by Gasteiger charge is -2.35. The lowest BCUT2D eigenvalue weighted by atomic mass is 10.1. The Kier molecular flexibility index (Phi) is 6.52. The molecule has 1 aliphatic heterocycles. The van der Waals surface area contributed by atoms with E-state index >= 15 is 0 Å². The van der Waals surface area contributed by atoms with Crippen LogP contribution in [0.25, 0.3) is 22.4 Å². The number of methoxy groups -OCH3 is 2. The first kappa shape index (κ1) is 23.1. The fourth-order valence-corrected chi connectivity index (χ4v) is 4.36. The first-order valence-electron chi connectivity index (χ1n) is 11.3. The zero-order valence-electron chi connectivity index (χ0n) is 19.6. The maximum atomic E-state index is 6.02. The topological polar surface area (TPSA) is 103 Å². The molecule has 35 heavy (non-hydrogen) atoms. The van der Waals surface area contributed by atoms with Crippen molar-refractivity contribution in [2.45, 2.75) is 6.54 Å². The largest absolute Gasteiger partial charge is 0.493 e. The molecule has 1 fully saturated rings. The second-order valence-corrected chi connectivity index (χ2v) is 8.73. The summed E-state index contributed by atoms with van der Waals surface area (Å²) in [6, 6.07) is 13.6. The van der Waals surface area contributed by atoms with Crippen LogP contribution >= 0.6 is 11.6 Å². The van der Waals surface area contributed by atoms with Crippen molar-refractivity contribution in [1.29, 1.82) is 0 Å². The number of nitrogens with zero attached hydrogens (tertiary/aromatic N) is 6. The van der Waals surface area contributed by atoms with Gasteiger partial charge in [-0.3, -0.25) is 4.90 Å². The number of ether oxygens (including phenoxy) is 2. The standard InChI is InChI=1S/C25H26ClN7O2/c1-34-20-8-5-17(13-21(20)35-2)19-14-28-23-22(29-19)24(31-25(27)30-23)33-11-9-32(10-12-33)15-16-3-6-18(26)7-4-16/h3-8,13-14H,9-12,15H2,1-2H3,(H2,27,28,30,31). The molecule has 0 atom stereocenters. The fraction of sp³-hybridized carbons (Fsp3) is 0.280. The second kappa shape index (κ2) is 9.89. The third kappa shape index (κ3) is 4.91. The van der Waals surface area contributed by atoms with Crippen molar-refractivity contribution in [3.63, 3.8) is 0 Å². The molecule has 0 bridgehead atoms. The Labute approximate surface area is 208 Å². The smallest absolute Gasteiger partial charge is 0.224 e. The van der Waals surface area contributed by atoms with Crippen molar-refractivity contribution in [3.05, 3.63) is 59.2 Å². The van der Waals surface area contributed by atoms with E-state index in [1.54, 1.807) is 20.4 Å². The van der Waals surface area contributed by atoms with E-state index in [0.29, 0.717) is 34.2 Å². The predicted octanol–water partition coefficient (Wildman–Crippen LogP) is 3.66. The van der Waals surface area contributed by atoms with E-state index in [-0.39, 0.29) is 5.95 Å². The highest BCUT2D eigenvalue weighted by Gasteiger charge is 2.22. The number of nitrogens with two attached hydrogens (primary N) is 1. The molecule has 0 amide bonds. The molecule has 180 valence electrons. The van der Waals surface area contributed by atoms with Crippen molar-refractivity contribution in [2.75, 3.05) is 51.0 Å². The highest BCUT2D eigenvalue weighted by Crippen LogP contribution is 2.33. The summed E-state index contributed by atoms with van der Waals surface area (Å²) in [6.45, 7) is 4.23. The number of benzene rings is 2. The van der Waals surface area contributed by atoms with Crippen LogP contribution in [0.5, 0.6) is 11.5 Å². The number of hydrogen-bond donors (Lipinski definition) is 1. The predicted molar refractivity (Wildman–Crippen MR) is 137 cm³/mol. The number of halogens is 1. The van der Waals surface area contributed by atoms with Crippen LogP contribution in [0.1, 0.15) is 5.56 Å². The van der Waals surface area contributed by atoms with Gasteiger partial charge in [-0.15, -0.1) is 0 Å². The number of piperazine rings is 1. The second-order valence-electron chi connectivity index (χ2n) is 8.29. The summed E-state index contributed by atoms with van der Waals surface area (Å²) in [4.78, 5) is 22.9. The minimum absolute atomic E-state index is 0.185. The van der Waals surface area contributed by atoms with Gasteiger partial charge in [-0.25, -0.2) is 9.97 Å². The van der Waals surface area contributed by atoms with Crippen LogP contribution < -0.4 is 20.1 Å². The Morgan fingerprint density at radius 3 is 2.37 bits per heavy atom. The van der Waals surface area contributed by atoms with Gasteiger partial charge >= 0.3 is 0 Å². The molecule has 10 heteroatoms. The molecule has 0 radical (unpaired) electrons. The molecular weight excluding hydrogens is 466 g/mol. The van der Waals surface area contributed by atoms with E-state index in [2.05, 4.69) is 36.9 Å². The van der Waals surface area contributed by atoms with Gasteiger partial charge in [0, 0.05) is 43.3 Å². The molecule has 0 unspecified atom stereocenters. The molecule has 0 spiro atoms. The average molecular weight is 492 g/mol. The van der Waals surface area contributed by atoms with Crippen LogP contribution in [0.15, 0.2) is 48.7 Å². The van der Waals surface area contributed by atoms with E-state index in [1.165, 1.54) is 5.56 Å². The van der Waals surface area contributed by atoms with Gasteiger partial charge in [-0.1, -0.05) is 23.7 Å². The SMILES string of the molecule is COc1ccc(-c2cnc3nc(N)nc(N4CCN(Cc5ccc(Cl)cc5)CC4)c3n2)cc1OC. The third-order valence-corrected chi connectivity index (χ3v) is 6.33. The molecule has 5 rings (SSSR count). The average Bonchev–Trinajstić information content (AvgIpc) is 2.89. The lowest BCUT2D eigenvalue weighted by Crippen LogP contribution is -2.46. The Bertz CT molecular complexity index is 1340. The van der Waals surface area contributed by atoms with Gasteiger partial charge in [0.25, 0.3) is 0 Å². The van der Waals surface area contributed by atoms with Crippen LogP contribution in [0, 0.1) is 0 Å². The van der Waals surface area contributed by atoms with Gasteiger partial charge in [-0.2, -0.15) is 9.97 Å². The summed E-state index contributed by atoms with van der Waals surface area (Å²) >= 11 is 6.02. The number of hydrogen-bond acceptors (Lipinski definition) is 9. The monoisotopic (exact) mass is 491 g/mol. The van der Waals surface area contributed by atoms with E-state index in [1.807, 2.05) is 30.3 Å². The number of fused-ring (bicyclic) bond motifs is 1. The Morgan fingerprint density at radius 2 is 1.66 bits per heavy atom. The summed E-state index contributed by atoms with van der Waals surface area (Å²) in [5.41, 5.74) is 9.90. The van der Waals surface area contributed by atoms with Gasteiger partial charge in [-0.05, 0) is 35.9 Å². The molecule has 2 aromatic heterocycles. The van der Waals surface area contributed by atoms with Crippen molar-refractivity contribution >= 4 is 34.5 Å². The summed E-state index contributed by atoms with van der Waals surface area (Å²) in [5, 5.41) is 0.750. The van der Waals surface area contributed by atoms with Gasteiger partial charge < -0.3 is 20.1 Å². The summed E-state index contributed by atoms with van der Waals surface area (Å²) in [7, 11) is 3.21. The minimum Gasteiger partial charge on any atom is -0.493 e. The molecule has 2 N–H and O–H groups in total. The van der Waals surface area contributed by atoms with E-state index in [9.17, 15) is 0 Å². The molecule has 1 saturated heterocycles. The Hall–Kier alpha value is -3.69. The maximum Gasteiger partial charge on any atom is 0.224 e. The van der Waals surface area contributed by atoms with Crippen LogP contribution in [-0.4, -0.2) is 65.2 Å². The molecule has 1 aliphatic rings. The maximum absolute atomic E-state index is 6.02. The van der Waals surface area contributed by atoms with Gasteiger partial charge in [0.15, 0.2) is 28.5 Å². The molecule has 4 aromatic rings. The highest BCUT2D eigenvalue weighted by molar-refractivity contribution is 6.30. The summed E-state index contributed by atoms with van der Waals surface area (Å²) < 4.78 is 10.8. The Morgan fingerprint density at radius 1 is 0.914 bits per heavy atom. The molecule has 0 saturated carbocycles. The molecular formula is C25H26ClN7O2. The number of anilines is 2. The number of aromatic nitrogens is 4. The summed E-state index contributed by atoms with van der Waals surface area (Å²) in [5.74, 6) is 2.16. The van der Waals surface area contributed by atoms with Crippen molar-refractivity contribution < 1.29 is 9.47 Å². The van der Waals surface area contributed by atoms with Crippen molar-refractivity contribution in [2.24, 2.45) is 0 Å². The highest BCUT2D eigenvalue weighted by atomic mass is 35.5. The van der Waals surface area contributed by atoms with Crippen LogP contribution in [0.2, 0.25) is 5.02 Å². The lowest BCUT2D eigenvalue weighted by molar-refractivity contribution is 0.249. The van der Waals surface area contributed by atoms with E-state index in [4.69, 9.17) is 31.8 Å². The number of nitrogen functional groups attached to an aromatic ring is 1. The van der Waals surface area contributed by atoms with E-state index in [0.717, 1.165) is 43.3 Å². The first-order chi connectivity index (χ1) is 17.0. The van der Waals surface area contributed by atoms with Crippen LogP contribution in [0.3, 0.4) is 0 Å². The van der Waals surface area contributed by atoms with Crippen molar-refractivity contribution in [3.8, 4) is 22.8 Å². The molecule has 0 aliphatic carbocycles. The number of rotatable bonds is 6. The van der Waals surface area contributed by atoms with Crippen LogP contribution in [-0.2, 0) is 6.54 Å². The minimum atomic E-state index is 0.185. The van der Waals surface area contributed by atoms with Crippen molar-refractivity contribution in [1.82, 2.24) is 24.8 Å². The third-order valence-electron chi connectivity index (χ3n) is 6.08. The zero-order valence-corrected chi connectivity index (χ0v) is 20.4. The van der Waals surface area contributed by atoms with E-state index < -0.39 is 0 Å². The molecule has 3 heterocycles. The van der Waals surface area contributed by atoms with Gasteiger partial charge in [0.05, 0.1) is 26.1 Å². The summed E-state index contributed by atoms with van der Waals surface area (Å²) in [6.07, 6.45) is 1.68. The van der Waals surface area contributed by atoms with Gasteiger partial charge in [0.2, 0.25) is 5.95 Å².